The van der Waals surface area contributed by atoms with Crippen LogP contribution in [0.1, 0.15) is 25.3 Å². The second-order valence-corrected chi connectivity index (χ2v) is 8.01. The van der Waals surface area contributed by atoms with Crippen molar-refractivity contribution < 1.29 is 14.3 Å². The van der Waals surface area contributed by atoms with Crippen LogP contribution in [0.5, 0.6) is 0 Å². The zero-order valence-corrected chi connectivity index (χ0v) is 17.5. The lowest BCUT2D eigenvalue weighted by Gasteiger charge is -2.43. The summed E-state index contributed by atoms with van der Waals surface area (Å²) in [5.74, 6) is -0.309. The molecule has 2 aromatic rings. The molecule has 2 saturated heterocycles. The van der Waals surface area contributed by atoms with Crippen molar-refractivity contribution in [1.29, 1.82) is 0 Å². The van der Waals surface area contributed by atoms with Crippen molar-refractivity contribution in [1.82, 2.24) is 9.80 Å². The average Bonchev–Trinajstić information content (AvgIpc) is 3.03. The molecular weight excluding hydrogens is 378 g/mol. The third kappa shape index (κ3) is 4.05. The first-order valence-corrected chi connectivity index (χ1v) is 10.7. The van der Waals surface area contributed by atoms with Crippen LogP contribution >= 0.6 is 0 Å². The maximum absolute atomic E-state index is 13.5. The lowest BCUT2D eigenvalue weighted by atomic mass is 9.85. The Kier molecular flexibility index (Phi) is 6.04. The van der Waals surface area contributed by atoms with E-state index < -0.39 is 5.54 Å². The first kappa shape index (κ1) is 20.4. The summed E-state index contributed by atoms with van der Waals surface area (Å²) in [4.78, 5) is 31.8. The second kappa shape index (κ2) is 8.88. The standard InChI is InChI=1S/C24H29N3O3/c1-2-30-22(28)18-26-19-27(21-11-7-4-8-12-21)24(23(26)29)13-15-25(16-14-24)17-20-9-5-3-6-10-20/h3-12H,2,13-19H2,1H3. The van der Waals surface area contributed by atoms with Crippen LogP contribution in [0.25, 0.3) is 0 Å². The van der Waals surface area contributed by atoms with Gasteiger partial charge in [0, 0.05) is 25.3 Å². The molecule has 0 aliphatic carbocycles. The summed E-state index contributed by atoms with van der Waals surface area (Å²) in [5.41, 5.74) is 1.71. The molecule has 6 nitrogen and oxygen atoms in total. The van der Waals surface area contributed by atoms with Crippen LogP contribution < -0.4 is 4.90 Å². The van der Waals surface area contributed by atoms with Gasteiger partial charge in [-0.15, -0.1) is 0 Å². The lowest BCUT2D eigenvalue weighted by Crippen LogP contribution is -2.56. The zero-order chi connectivity index (χ0) is 21.0. The first-order valence-electron chi connectivity index (χ1n) is 10.7. The number of benzene rings is 2. The predicted molar refractivity (Wildman–Crippen MR) is 116 cm³/mol. The fraction of sp³-hybridized carbons (Fsp3) is 0.417. The molecule has 1 amide bonds. The Morgan fingerprint density at radius 2 is 1.63 bits per heavy atom. The minimum Gasteiger partial charge on any atom is -0.465 e. The van der Waals surface area contributed by atoms with E-state index in [9.17, 15) is 9.59 Å². The van der Waals surface area contributed by atoms with Crippen LogP contribution in [0.4, 0.5) is 5.69 Å². The summed E-state index contributed by atoms with van der Waals surface area (Å²) in [6.45, 7) is 5.11. The van der Waals surface area contributed by atoms with Gasteiger partial charge in [0.15, 0.2) is 0 Å². The van der Waals surface area contributed by atoms with Crippen LogP contribution in [-0.2, 0) is 20.9 Å². The number of likely N-dealkylation sites (tertiary alicyclic amines) is 1. The Balaban J connectivity index is 1.52. The molecule has 30 heavy (non-hydrogen) atoms. The summed E-state index contributed by atoms with van der Waals surface area (Å²) in [7, 11) is 0. The van der Waals surface area contributed by atoms with Crippen molar-refractivity contribution >= 4 is 17.6 Å². The minimum absolute atomic E-state index is 0.00544. The number of para-hydroxylation sites is 1. The number of nitrogens with zero attached hydrogens (tertiary/aromatic N) is 3. The van der Waals surface area contributed by atoms with Crippen molar-refractivity contribution in [3.63, 3.8) is 0 Å². The highest BCUT2D eigenvalue weighted by Gasteiger charge is 2.54. The van der Waals surface area contributed by atoms with Gasteiger partial charge in [0.05, 0.1) is 13.3 Å². The van der Waals surface area contributed by atoms with Crippen molar-refractivity contribution in [3.8, 4) is 0 Å². The fourth-order valence-electron chi connectivity index (χ4n) is 4.61. The number of carbonyl (C=O) groups is 2. The molecule has 0 unspecified atom stereocenters. The van der Waals surface area contributed by atoms with Crippen LogP contribution in [0, 0.1) is 0 Å². The number of amides is 1. The SMILES string of the molecule is CCOC(=O)CN1CN(c2ccccc2)C2(CCN(Cc3ccccc3)CC2)C1=O. The second-order valence-electron chi connectivity index (χ2n) is 8.01. The van der Waals surface area contributed by atoms with Gasteiger partial charge in [-0.25, -0.2) is 0 Å². The zero-order valence-electron chi connectivity index (χ0n) is 17.5. The van der Waals surface area contributed by atoms with Gasteiger partial charge in [-0.05, 0) is 37.5 Å². The lowest BCUT2D eigenvalue weighted by molar-refractivity contribution is -0.148. The van der Waals surface area contributed by atoms with Crippen molar-refractivity contribution in [2.75, 3.05) is 37.8 Å². The van der Waals surface area contributed by atoms with Gasteiger partial charge in [0.25, 0.3) is 5.91 Å². The molecule has 0 bridgehead atoms. The Morgan fingerprint density at radius 3 is 2.27 bits per heavy atom. The topological polar surface area (TPSA) is 53.1 Å². The van der Waals surface area contributed by atoms with E-state index in [0.717, 1.165) is 38.2 Å². The van der Waals surface area contributed by atoms with E-state index in [1.165, 1.54) is 5.56 Å². The van der Waals surface area contributed by atoms with E-state index in [2.05, 4.69) is 34.1 Å². The van der Waals surface area contributed by atoms with Crippen molar-refractivity contribution in [2.24, 2.45) is 0 Å². The highest BCUT2D eigenvalue weighted by molar-refractivity contribution is 5.95. The van der Waals surface area contributed by atoms with E-state index >= 15 is 0 Å². The van der Waals surface area contributed by atoms with E-state index in [4.69, 9.17) is 4.74 Å². The molecule has 2 aromatic carbocycles. The number of carbonyl (C=O) groups excluding carboxylic acids is 2. The molecule has 4 rings (SSSR count). The van der Waals surface area contributed by atoms with Gasteiger partial charge in [-0.2, -0.15) is 0 Å². The average molecular weight is 408 g/mol. The van der Waals surface area contributed by atoms with Crippen LogP contribution in [-0.4, -0.2) is 60.1 Å². The number of hydrogen-bond donors (Lipinski definition) is 0. The maximum Gasteiger partial charge on any atom is 0.325 e. The van der Waals surface area contributed by atoms with E-state index in [-0.39, 0.29) is 18.4 Å². The maximum atomic E-state index is 13.5. The van der Waals surface area contributed by atoms with Gasteiger partial charge in [0.1, 0.15) is 12.1 Å². The molecule has 0 N–H and O–H groups in total. The molecule has 0 saturated carbocycles. The van der Waals surface area contributed by atoms with Gasteiger partial charge in [-0.3, -0.25) is 14.5 Å². The molecule has 158 valence electrons. The molecule has 6 heteroatoms. The summed E-state index contributed by atoms with van der Waals surface area (Å²) in [6, 6.07) is 20.5. The molecule has 0 radical (unpaired) electrons. The van der Waals surface area contributed by atoms with Gasteiger partial charge >= 0.3 is 5.97 Å². The number of rotatable bonds is 6. The third-order valence-electron chi connectivity index (χ3n) is 6.14. The molecule has 2 heterocycles. The normalized spacial score (nSPS) is 18.8. The van der Waals surface area contributed by atoms with E-state index in [1.54, 1.807) is 11.8 Å². The monoisotopic (exact) mass is 407 g/mol. The van der Waals surface area contributed by atoms with Crippen LogP contribution in [0.2, 0.25) is 0 Å². The number of piperidine rings is 1. The highest BCUT2D eigenvalue weighted by atomic mass is 16.5. The minimum atomic E-state index is -0.596. The molecule has 0 aromatic heterocycles. The Hall–Kier alpha value is -2.86. The van der Waals surface area contributed by atoms with E-state index in [1.807, 2.05) is 36.4 Å². The van der Waals surface area contributed by atoms with Gasteiger partial charge in [-0.1, -0.05) is 48.5 Å². The van der Waals surface area contributed by atoms with Crippen LogP contribution in [0.15, 0.2) is 60.7 Å². The van der Waals surface area contributed by atoms with Crippen LogP contribution in [0.3, 0.4) is 0 Å². The Labute approximate surface area is 178 Å². The third-order valence-corrected chi connectivity index (χ3v) is 6.14. The summed E-state index contributed by atoms with van der Waals surface area (Å²) >= 11 is 0. The van der Waals surface area contributed by atoms with Gasteiger partial charge in [0.2, 0.25) is 0 Å². The fourth-order valence-corrected chi connectivity index (χ4v) is 4.61. The molecular formula is C24H29N3O3. The quantitative estimate of drug-likeness (QED) is 0.690. The largest absolute Gasteiger partial charge is 0.465 e. The number of esters is 1. The Morgan fingerprint density at radius 1 is 1.00 bits per heavy atom. The summed E-state index contributed by atoms with van der Waals surface area (Å²) in [6.07, 6.45) is 1.49. The first-order chi connectivity index (χ1) is 14.6. The summed E-state index contributed by atoms with van der Waals surface area (Å²) in [5, 5.41) is 0. The van der Waals surface area contributed by atoms with Crippen molar-refractivity contribution in [3.05, 3.63) is 66.2 Å². The molecule has 2 fully saturated rings. The molecule has 2 aliphatic heterocycles. The summed E-state index contributed by atoms with van der Waals surface area (Å²) < 4.78 is 5.09. The number of hydrogen-bond acceptors (Lipinski definition) is 5. The van der Waals surface area contributed by atoms with Crippen molar-refractivity contribution in [2.45, 2.75) is 31.8 Å². The smallest absolute Gasteiger partial charge is 0.325 e. The number of ether oxygens (including phenoxy) is 1. The Bertz CT molecular complexity index is 864. The molecule has 0 atom stereocenters. The van der Waals surface area contributed by atoms with Gasteiger partial charge < -0.3 is 14.5 Å². The predicted octanol–water partition coefficient (Wildman–Crippen LogP) is 2.89. The molecule has 1 spiro atoms. The number of anilines is 1. The van der Waals surface area contributed by atoms with E-state index in [0.29, 0.717) is 13.3 Å². The molecule has 2 aliphatic rings. The highest BCUT2D eigenvalue weighted by Crippen LogP contribution is 2.39.